The zero-order valence-corrected chi connectivity index (χ0v) is 15.1. The van der Waals surface area contributed by atoms with Gasteiger partial charge in [-0.3, -0.25) is 4.99 Å². The number of nitrogens with zero attached hydrogens (tertiary/aromatic N) is 1. The van der Waals surface area contributed by atoms with Crippen molar-refractivity contribution < 1.29 is 13.9 Å². The van der Waals surface area contributed by atoms with Gasteiger partial charge in [0.2, 0.25) is 0 Å². The maximum atomic E-state index is 13.6. The van der Waals surface area contributed by atoms with Crippen LogP contribution in [0.2, 0.25) is 0 Å². The van der Waals surface area contributed by atoms with Crippen LogP contribution in [0.15, 0.2) is 29.3 Å². The largest absolute Gasteiger partial charge is 0.381 e. The predicted octanol–water partition coefficient (Wildman–Crippen LogP) is 2.37. The predicted molar refractivity (Wildman–Crippen MR) is 98.4 cm³/mol. The van der Waals surface area contributed by atoms with E-state index in [1.807, 2.05) is 12.1 Å². The van der Waals surface area contributed by atoms with Crippen LogP contribution in [0.3, 0.4) is 0 Å². The summed E-state index contributed by atoms with van der Waals surface area (Å²) < 4.78 is 24.6. The summed E-state index contributed by atoms with van der Waals surface area (Å²) >= 11 is 0. The lowest BCUT2D eigenvalue weighted by Crippen LogP contribution is -2.39. The molecule has 6 heteroatoms. The Kier molecular flexibility index (Phi) is 9.29. The van der Waals surface area contributed by atoms with Gasteiger partial charge in [0.1, 0.15) is 5.82 Å². The van der Waals surface area contributed by atoms with Crippen molar-refractivity contribution in [3.63, 3.8) is 0 Å². The summed E-state index contributed by atoms with van der Waals surface area (Å²) in [6.45, 7) is 4.75. The minimum absolute atomic E-state index is 0.158. The number of rotatable bonds is 9. The van der Waals surface area contributed by atoms with Crippen LogP contribution >= 0.6 is 0 Å². The summed E-state index contributed by atoms with van der Waals surface area (Å²) in [5.41, 5.74) is 0.715. The van der Waals surface area contributed by atoms with Gasteiger partial charge in [-0.15, -0.1) is 0 Å². The van der Waals surface area contributed by atoms with E-state index in [1.165, 1.54) is 6.07 Å². The van der Waals surface area contributed by atoms with E-state index in [1.54, 1.807) is 13.1 Å². The molecule has 0 atom stereocenters. The summed E-state index contributed by atoms with van der Waals surface area (Å²) in [6, 6.07) is 6.86. The number of hydrogen-bond acceptors (Lipinski definition) is 3. The van der Waals surface area contributed by atoms with Gasteiger partial charge in [0, 0.05) is 46.6 Å². The van der Waals surface area contributed by atoms with E-state index in [0.717, 1.165) is 58.2 Å². The van der Waals surface area contributed by atoms with Crippen LogP contribution in [-0.4, -0.2) is 52.5 Å². The Morgan fingerprint density at radius 1 is 1.24 bits per heavy atom. The van der Waals surface area contributed by atoms with Crippen LogP contribution in [0.25, 0.3) is 0 Å². The fourth-order valence-electron chi connectivity index (χ4n) is 2.78. The van der Waals surface area contributed by atoms with Gasteiger partial charge in [-0.2, -0.15) is 0 Å². The van der Waals surface area contributed by atoms with Crippen molar-refractivity contribution in [2.24, 2.45) is 10.9 Å². The van der Waals surface area contributed by atoms with Crippen LogP contribution in [0.1, 0.15) is 24.8 Å². The first kappa shape index (κ1) is 19.7. The van der Waals surface area contributed by atoms with Gasteiger partial charge in [0.05, 0.1) is 0 Å². The van der Waals surface area contributed by atoms with Gasteiger partial charge in [0.15, 0.2) is 5.96 Å². The number of benzene rings is 1. The highest BCUT2D eigenvalue weighted by Gasteiger charge is 2.13. The minimum Gasteiger partial charge on any atom is -0.381 e. The molecule has 0 amide bonds. The molecule has 2 N–H and O–H groups in total. The maximum Gasteiger partial charge on any atom is 0.190 e. The third kappa shape index (κ3) is 7.84. The van der Waals surface area contributed by atoms with E-state index in [9.17, 15) is 4.39 Å². The SMILES string of the molecule is CN=C(NCCCOCC1CCOCC1)NCCc1ccccc1F. The fourth-order valence-corrected chi connectivity index (χ4v) is 2.78. The first-order chi connectivity index (χ1) is 12.3. The molecule has 0 radical (unpaired) electrons. The molecule has 1 aliphatic rings. The minimum atomic E-state index is -0.158. The van der Waals surface area contributed by atoms with Gasteiger partial charge in [-0.1, -0.05) is 18.2 Å². The van der Waals surface area contributed by atoms with E-state index in [-0.39, 0.29) is 5.82 Å². The van der Waals surface area contributed by atoms with Crippen LogP contribution < -0.4 is 10.6 Å². The zero-order valence-electron chi connectivity index (χ0n) is 15.1. The molecule has 140 valence electrons. The number of halogens is 1. The van der Waals surface area contributed by atoms with E-state index in [2.05, 4.69) is 15.6 Å². The maximum absolute atomic E-state index is 13.6. The number of aliphatic imine (C=N–C) groups is 1. The highest BCUT2D eigenvalue weighted by atomic mass is 19.1. The van der Waals surface area contributed by atoms with Crippen LogP contribution in [0.4, 0.5) is 4.39 Å². The number of nitrogens with one attached hydrogen (secondary N) is 2. The summed E-state index contributed by atoms with van der Waals surface area (Å²) in [5.74, 6) is 1.23. The molecule has 1 fully saturated rings. The normalized spacial score (nSPS) is 16.0. The van der Waals surface area contributed by atoms with Crippen molar-refractivity contribution in [1.29, 1.82) is 0 Å². The summed E-state index contributed by atoms with van der Waals surface area (Å²) in [7, 11) is 1.74. The summed E-state index contributed by atoms with van der Waals surface area (Å²) in [6.07, 6.45) is 3.77. The molecule has 0 saturated carbocycles. The Morgan fingerprint density at radius 3 is 2.76 bits per heavy atom. The second-order valence-electron chi connectivity index (χ2n) is 6.25. The van der Waals surface area contributed by atoms with Crippen molar-refractivity contribution in [2.75, 3.05) is 46.6 Å². The van der Waals surface area contributed by atoms with Crippen LogP contribution in [-0.2, 0) is 15.9 Å². The second kappa shape index (κ2) is 11.8. The lowest BCUT2D eigenvalue weighted by atomic mass is 10.0. The molecular formula is C19H30FN3O2. The molecule has 0 aliphatic carbocycles. The molecule has 25 heavy (non-hydrogen) atoms. The monoisotopic (exact) mass is 351 g/mol. The van der Waals surface area contributed by atoms with E-state index >= 15 is 0 Å². The first-order valence-corrected chi connectivity index (χ1v) is 9.13. The van der Waals surface area contributed by atoms with Crippen LogP contribution in [0, 0.1) is 11.7 Å². The Balaban J connectivity index is 1.51. The molecule has 1 saturated heterocycles. The second-order valence-corrected chi connectivity index (χ2v) is 6.25. The third-order valence-corrected chi connectivity index (χ3v) is 4.32. The van der Waals surface area contributed by atoms with Crippen molar-refractivity contribution in [1.82, 2.24) is 10.6 Å². The molecule has 1 heterocycles. The van der Waals surface area contributed by atoms with Gasteiger partial charge >= 0.3 is 0 Å². The van der Waals surface area contributed by atoms with E-state index in [0.29, 0.717) is 24.4 Å². The number of ether oxygens (including phenoxy) is 2. The molecule has 2 rings (SSSR count). The highest BCUT2D eigenvalue weighted by molar-refractivity contribution is 5.79. The lowest BCUT2D eigenvalue weighted by Gasteiger charge is -2.21. The fraction of sp³-hybridized carbons (Fsp3) is 0.632. The first-order valence-electron chi connectivity index (χ1n) is 9.13. The topological polar surface area (TPSA) is 54.9 Å². The average molecular weight is 351 g/mol. The molecule has 1 aromatic rings. The molecule has 0 spiro atoms. The molecule has 1 aromatic carbocycles. The molecule has 5 nitrogen and oxygen atoms in total. The Labute approximate surface area is 150 Å². The lowest BCUT2D eigenvalue weighted by molar-refractivity contribution is 0.0203. The van der Waals surface area contributed by atoms with Gasteiger partial charge in [0.25, 0.3) is 0 Å². The van der Waals surface area contributed by atoms with Crippen molar-refractivity contribution in [2.45, 2.75) is 25.7 Å². The van der Waals surface area contributed by atoms with Crippen LogP contribution in [0.5, 0.6) is 0 Å². The van der Waals surface area contributed by atoms with E-state index < -0.39 is 0 Å². The molecule has 0 aromatic heterocycles. The highest BCUT2D eigenvalue weighted by Crippen LogP contribution is 2.14. The summed E-state index contributed by atoms with van der Waals surface area (Å²) in [4.78, 5) is 4.18. The smallest absolute Gasteiger partial charge is 0.190 e. The van der Waals surface area contributed by atoms with E-state index in [4.69, 9.17) is 9.47 Å². The molecule has 1 aliphatic heterocycles. The van der Waals surface area contributed by atoms with Gasteiger partial charge in [-0.05, 0) is 43.2 Å². The standard InChI is InChI=1S/C19H30FN3O2/c1-21-19(23-11-7-17-5-2-3-6-18(17)20)22-10-4-12-25-15-16-8-13-24-14-9-16/h2-3,5-6,16H,4,7-15H2,1H3,(H2,21,22,23). The average Bonchev–Trinajstić information content (AvgIpc) is 2.65. The van der Waals surface area contributed by atoms with Crippen molar-refractivity contribution in [3.8, 4) is 0 Å². The van der Waals surface area contributed by atoms with Gasteiger partial charge in [-0.25, -0.2) is 4.39 Å². The molecule has 0 bridgehead atoms. The Morgan fingerprint density at radius 2 is 2.00 bits per heavy atom. The Bertz CT molecular complexity index is 519. The summed E-state index contributed by atoms with van der Waals surface area (Å²) in [5, 5.41) is 6.46. The number of guanidine groups is 1. The number of hydrogen-bond donors (Lipinski definition) is 2. The third-order valence-electron chi connectivity index (χ3n) is 4.32. The van der Waals surface area contributed by atoms with Crippen molar-refractivity contribution in [3.05, 3.63) is 35.6 Å². The zero-order chi connectivity index (χ0) is 17.7. The molecule has 0 unspecified atom stereocenters. The Hall–Kier alpha value is -1.66. The van der Waals surface area contributed by atoms with Gasteiger partial charge < -0.3 is 20.1 Å². The quantitative estimate of drug-likeness (QED) is 0.407. The van der Waals surface area contributed by atoms with Crippen molar-refractivity contribution >= 4 is 5.96 Å². The molecular weight excluding hydrogens is 321 g/mol.